The van der Waals surface area contributed by atoms with Crippen LogP contribution in [-0.2, 0) is 0 Å². The van der Waals surface area contributed by atoms with E-state index in [1.165, 1.54) is 26.4 Å². The van der Waals surface area contributed by atoms with Gasteiger partial charge in [-0.1, -0.05) is 5.16 Å². The number of methoxy groups -OCH3 is 2. The maximum Gasteiger partial charge on any atom is 0.315 e. The predicted octanol–water partition coefficient (Wildman–Crippen LogP) is 2.72. The van der Waals surface area contributed by atoms with Gasteiger partial charge in [-0.3, -0.25) is 15.1 Å². The lowest BCUT2D eigenvalue weighted by Crippen LogP contribution is -1.98. The van der Waals surface area contributed by atoms with E-state index in [2.05, 4.69) is 15.1 Å². The van der Waals surface area contributed by atoms with E-state index in [1.54, 1.807) is 24.5 Å². The molecule has 0 atom stereocenters. The molecule has 3 aromatic rings. The molecule has 0 aliphatic rings. The Morgan fingerprint density at radius 2 is 2.04 bits per heavy atom. The van der Waals surface area contributed by atoms with Gasteiger partial charge >= 0.3 is 5.69 Å². The first-order valence-electron chi connectivity index (χ1n) is 6.79. The van der Waals surface area contributed by atoms with Crippen LogP contribution >= 0.6 is 0 Å². The maximum absolute atomic E-state index is 11.3. The molecule has 1 aromatic carbocycles. The molecule has 0 unspecified atom stereocenters. The molecule has 0 aliphatic heterocycles. The number of benzene rings is 1. The Bertz CT molecular complexity index is 879. The van der Waals surface area contributed by atoms with Crippen LogP contribution in [0.3, 0.4) is 0 Å². The van der Waals surface area contributed by atoms with Crippen molar-refractivity contribution in [2.75, 3.05) is 14.2 Å². The third kappa shape index (κ3) is 2.74. The van der Waals surface area contributed by atoms with Crippen LogP contribution in [-0.4, -0.2) is 34.3 Å². The first-order chi connectivity index (χ1) is 11.6. The van der Waals surface area contributed by atoms with Gasteiger partial charge in [0.2, 0.25) is 11.6 Å². The van der Waals surface area contributed by atoms with Crippen molar-refractivity contribution in [1.82, 2.24) is 15.1 Å². The zero-order valence-corrected chi connectivity index (χ0v) is 12.8. The summed E-state index contributed by atoms with van der Waals surface area (Å²) in [5.41, 5.74) is 0.762. The second-order valence-corrected chi connectivity index (χ2v) is 4.65. The molecule has 24 heavy (non-hydrogen) atoms. The van der Waals surface area contributed by atoms with Crippen molar-refractivity contribution in [3.63, 3.8) is 0 Å². The molecule has 0 fully saturated rings. The Morgan fingerprint density at radius 3 is 2.67 bits per heavy atom. The molecule has 2 heterocycles. The normalized spacial score (nSPS) is 10.4. The molecule has 0 bridgehead atoms. The van der Waals surface area contributed by atoms with Crippen molar-refractivity contribution in [3.8, 4) is 34.3 Å². The molecule has 0 aliphatic carbocycles. The van der Waals surface area contributed by atoms with Crippen LogP contribution < -0.4 is 9.47 Å². The van der Waals surface area contributed by atoms with Crippen molar-refractivity contribution in [3.05, 3.63) is 46.8 Å². The Balaban J connectivity index is 2.08. The predicted molar refractivity (Wildman–Crippen MR) is 82.7 cm³/mol. The number of nitro groups is 1. The zero-order valence-electron chi connectivity index (χ0n) is 12.8. The highest BCUT2D eigenvalue weighted by atomic mass is 16.6. The van der Waals surface area contributed by atoms with Gasteiger partial charge in [0.15, 0.2) is 5.75 Å². The highest BCUT2D eigenvalue weighted by molar-refractivity contribution is 5.69. The van der Waals surface area contributed by atoms with E-state index in [0.29, 0.717) is 17.0 Å². The van der Waals surface area contributed by atoms with Crippen LogP contribution in [0.4, 0.5) is 5.69 Å². The number of pyridine rings is 1. The highest BCUT2D eigenvalue weighted by Gasteiger charge is 2.24. The van der Waals surface area contributed by atoms with Gasteiger partial charge in [-0.25, -0.2) is 0 Å². The molecule has 0 saturated heterocycles. The summed E-state index contributed by atoms with van der Waals surface area (Å²) in [5.74, 6) is 0.675. The van der Waals surface area contributed by atoms with Crippen molar-refractivity contribution in [2.24, 2.45) is 0 Å². The molecule has 0 radical (unpaired) electrons. The van der Waals surface area contributed by atoms with Gasteiger partial charge in [0.1, 0.15) is 0 Å². The lowest BCUT2D eigenvalue weighted by molar-refractivity contribution is -0.385. The third-order valence-corrected chi connectivity index (χ3v) is 3.25. The molecule has 0 N–H and O–H groups in total. The average molecular weight is 328 g/mol. The number of hydrogen-bond acceptors (Lipinski definition) is 8. The SMILES string of the molecule is COc1cc(-c2nc(-c3cccnc3)no2)cc([N+](=O)[O-])c1OC. The van der Waals surface area contributed by atoms with Gasteiger partial charge in [-0.05, 0) is 18.2 Å². The monoisotopic (exact) mass is 328 g/mol. The van der Waals surface area contributed by atoms with Gasteiger partial charge in [0.25, 0.3) is 5.89 Å². The fraction of sp³-hybridized carbons (Fsp3) is 0.133. The number of aromatic nitrogens is 3. The summed E-state index contributed by atoms with van der Waals surface area (Å²) in [4.78, 5) is 18.9. The second-order valence-electron chi connectivity index (χ2n) is 4.65. The Morgan fingerprint density at radius 1 is 1.21 bits per heavy atom. The second kappa shape index (κ2) is 6.32. The summed E-state index contributed by atoms with van der Waals surface area (Å²) >= 11 is 0. The zero-order chi connectivity index (χ0) is 17.1. The van der Waals surface area contributed by atoms with Gasteiger partial charge in [0.05, 0.1) is 24.7 Å². The number of hydrogen-bond donors (Lipinski definition) is 0. The third-order valence-electron chi connectivity index (χ3n) is 3.25. The van der Waals surface area contributed by atoms with Crippen molar-refractivity contribution in [1.29, 1.82) is 0 Å². The summed E-state index contributed by atoms with van der Waals surface area (Å²) in [6, 6.07) is 6.35. The molecular formula is C15H12N4O5. The minimum Gasteiger partial charge on any atom is -0.493 e. The summed E-state index contributed by atoms with van der Waals surface area (Å²) in [6.45, 7) is 0. The van der Waals surface area contributed by atoms with E-state index in [9.17, 15) is 10.1 Å². The lowest BCUT2D eigenvalue weighted by atomic mass is 10.1. The number of ether oxygens (including phenoxy) is 2. The van der Waals surface area contributed by atoms with Gasteiger partial charge < -0.3 is 14.0 Å². The number of nitrogens with zero attached hydrogens (tertiary/aromatic N) is 4. The van der Waals surface area contributed by atoms with E-state index in [0.717, 1.165) is 0 Å². The van der Waals surface area contributed by atoms with E-state index in [-0.39, 0.29) is 23.1 Å². The summed E-state index contributed by atoms with van der Waals surface area (Å²) in [6.07, 6.45) is 3.22. The van der Waals surface area contributed by atoms with Crippen molar-refractivity contribution < 1.29 is 18.9 Å². The van der Waals surface area contributed by atoms with Crippen molar-refractivity contribution >= 4 is 5.69 Å². The van der Waals surface area contributed by atoms with E-state index in [1.807, 2.05) is 0 Å². The smallest absolute Gasteiger partial charge is 0.315 e. The van der Waals surface area contributed by atoms with Crippen LogP contribution in [0.15, 0.2) is 41.2 Å². The fourth-order valence-corrected chi connectivity index (χ4v) is 2.16. The first-order valence-corrected chi connectivity index (χ1v) is 6.79. The minimum atomic E-state index is -0.566. The van der Waals surface area contributed by atoms with Gasteiger partial charge in [0, 0.05) is 24.0 Å². The van der Waals surface area contributed by atoms with Crippen molar-refractivity contribution in [2.45, 2.75) is 0 Å². The fourth-order valence-electron chi connectivity index (χ4n) is 2.16. The van der Waals surface area contributed by atoms with Crippen LogP contribution in [0.25, 0.3) is 22.8 Å². The summed E-state index contributed by atoms with van der Waals surface area (Å²) in [5, 5.41) is 15.1. The summed E-state index contributed by atoms with van der Waals surface area (Å²) < 4.78 is 15.4. The Labute approximate surface area is 136 Å². The van der Waals surface area contributed by atoms with Crippen LogP contribution in [0.1, 0.15) is 0 Å². The number of nitro benzene ring substituents is 1. The molecule has 122 valence electrons. The largest absolute Gasteiger partial charge is 0.493 e. The molecule has 9 nitrogen and oxygen atoms in total. The molecule has 3 rings (SSSR count). The van der Waals surface area contributed by atoms with E-state index >= 15 is 0 Å². The van der Waals surface area contributed by atoms with Gasteiger partial charge in [-0.2, -0.15) is 4.98 Å². The lowest BCUT2D eigenvalue weighted by Gasteiger charge is -2.08. The highest BCUT2D eigenvalue weighted by Crippen LogP contribution is 2.40. The Kier molecular flexibility index (Phi) is 4.06. The van der Waals surface area contributed by atoms with Crippen LogP contribution in [0.5, 0.6) is 11.5 Å². The molecule has 0 amide bonds. The van der Waals surface area contributed by atoms with Crippen LogP contribution in [0, 0.1) is 10.1 Å². The Hall–Kier alpha value is -3.49. The van der Waals surface area contributed by atoms with E-state index < -0.39 is 4.92 Å². The summed E-state index contributed by atoms with van der Waals surface area (Å²) in [7, 11) is 2.72. The molecule has 2 aromatic heterocycles. The molecule has 0 saturated carbocycles. The quantitative estimate of drug-likeness (QED) is 0.519. The molecule has 0 spiro atoms. The molecular weight excluding hydrogens is 316 g/mol. The van der Waals surface area contributed by atoms with Gasteiger partial charge in [-0.15, -0.1) is 0 Å². The topological polar surface area (TPSA) is 113 Å². The molecule has 9 heteroatoms. The minimum absolute atomic E-state index is 0.0262. The first kappa shape index (κ1) is 15.4. The maximum atomic E-state index is 11.3. The van der Waals surface area contributed by atoms with E-state index in [4.69, 9.17) is 14.0 Å². The average Bonchev–Trinajstić information content (AvgIpc) is 3.11. The number of rotatable bonds is 5. The van der Waals surface area contributed by atoms with Crippen LogP contribution in [0.2, 0.25) is 0 Å². The standard InChI is InChI=1S/C15H12N4O5/c1-22-12-7-10(6-11(19(20)21)13(12)23-2)15-17-14(18-24-15)9-4-3-5-16-8-9/h3-8H,1-2H3.